The molecule has 4 aromatic rings. The zero-order valence-corrected chi connectivity index (χ0v) is 18.9. The van der Waals surface area contributed by atoms with Gasteiger partial charge in [-0.15, -0.1) is 5.10 Å². The van der Waals surface area contributed by atoms with Crippen molar-refractivity contribution in [3.63, 3.8) is 0 Å². The van der Waals surface area contributed by atoms with Gasteiger partial charge in [-0.2, -0.15) is 0 Å². The lowest BCUT2D eigenvalue weighted by atomic mass is 10.0. The van der Waals surface area contributed by atoms with Crippen LogP contribution < -0.4 is 16.0 Å². The molecular formula is C24H20F3N7O2. The molecule has 3 N–H and O–H groups in total. The minimum Gasteiger partial charge on any atom is -0.385 e. The second-order valence-corrected chi connectivity index (χ2v) is 8.19. The standard InChI is InChI=1S/C24H20F3N7O2/c1-28-18-8-20(33-34-19(10-30-23(18)34)24(36)32-17-7-14(17)25)31-16-4-2-3-13(21(16)22(26)27)15-6-5-12(11-35)9-29-15/h2-6,8-11,14,17,22,28H,7H2,1H3,(H,31,33)(H,32,36)/t14-,17+/m0/s1. The molecule has 1 aliphatic carbocycles. The number of fused-ring (bicyclic) bond motifs is 1. The molecule has 1 amide bonds. The molecular weight excluding hydrogens is 475 g/mol. The van der Waals surface area contributed by atoms with E-state index in [0.29, 0.717) is 23.2 Å². The number of halogens is 3. The summed E-state index contributed by atoms with van der Waals surface area (Å²) in [6.45, 7) is 0. The number of rotatable bonds is 8. The summed E-state index contributed by atoms with van der Waals surface area (Å²) >= 11 is 0. The van der Waals surface area contributed by atoms with Crippen LogP contribution in [0.15, 0.2) is 48.8 Å². The molecule has 1 fully saturated rings. The molecule has 2 atom stereocenters. The summed E-state index contributed by atoms with van der Waals surface area (Å²) in [5.74, 6) is -0.378. The highest BCUT2D eigenvalue weighted by Crippen LogP contribution is 2.37. The van der Waals surface area contributed by atoms with Crippen LogP contribution in [0, 0.1) is 0 Å². The monoisotopic (exact) mass is 495 g/mol. The summed E-state index contributed by atoms with van der Waals surface area (Å²) in [4.78, 5) is 31.9. The van der Waals surface area contributed by atoms with Crippen LogP contribution in [0.3, 0.4) is 0 Å². The molecule has 0 bridgehead atoms. The zero-order chi connectivity index (χ0) is 25.4. The van der Waals surface area contributed by atoms with Crippen molar-refractivity contribution >= 4 is 35.0 Å². The minimum absolute atomic E-state index is 0.0755. The smallest absolute Gasteiger partial charge is 0.271 e. The molecule has 0 aliphatic heterocycles. The van der Waals surface area contributed by atoms with Gasteiger partial charge in [-0.3, -0.25) is 14.6 Å². The van der Waals surface area contributed by atoms with E-state index in [4.69, 9.17) is 0 Å². The topological polar surface area (TPSA) is 113 Å². The molecule has 1 aromatic carbocycles. The van der Waals surface area contributed by atoms with E-state index in [0.717, 1.165) is 0 Å². The van der Waals surface area contributed by atoms with Crippen LogP contribution in [0.2, 0.25) is 0 Å². The Morgan fingerprint density at radius 2 is 1.97 bits per heavy atom. The molecule has 36 heavy (non-hydrogen) atoms. The third-order valence-electron chi connectivity index (χ3n) is 5.78. The number of alkyl halides is 3. The van der Waals surface area contributed by atoms with Crippen LogP contribution in [-0.2, 0) is 0 Å². The predicted octanol–water partition coefficient (Wildman–Crippen LogP) is 4.17. The molecule has 9 nitrogen and oxygen atoms in total. The normalized spacial score (nSPS) is 16.7. The quantitative estimate of drug-likeness (QED) is 0.315. The fraction of sp³-hybridized carbons (Fsp3) is 0.208. The Kier molecular flexibility index (Phi) is 6.00. The summed E-state index contributed by atoms with van der Waals surface area (Å²) in [6.07, 6.45) is -0.428. The largest absolute Gasteiger partial charge is 0.385 e. The lowest BCUT2D eigenvalue weighted by molar-refractivity contribution is 0.0940. The molecule has 0 spiro atoms. The van der Waals surface area contributed by atoms with Crippen LogP contribution >= 0.6 is 0 Å². The maximum Gasteiger partial charge on any atom is 0.271 e. The first kappa shape index (κ1) is 23.3. The van der Waals surface area contributed by atoms with E-state index in [-0.39, 0.29) is 40.4 Å². The molecule has 3 heterocycles. The summed E-state index contributed by atoms with van der Waals surface area (Å²) < 4.78 is 43.0. The van der Waals surface area contributed by atoms with Gasteiger partial charge in [0.25, 0.3) is 12.3 Å². The highest BCUT2D eigenvalue weighted by atomic mass is 19.3. The van der Waals surface area contributed by atoms with Gasteiger partial charge in [-0.1, -0.05) is 12.1 Å². The molecule has 3 aromatic heterocycles. The zero-order valence-electron chi connectivity index (χ0n) is 18.9. The number of imidazole rings is 1. The number of amides is 1. The molecule has 0 unspecified atom stereocenters. The number of aromatic nitrogens is 4. The van der Waals surface area contributed by atoms with E-state index in [1.165, 1.54) is 41.2 Å². The molecule has 1 saturated carbocycles. The lowest BCUT2D eigenvalue weighted by Gasteiger charge is -2.16. The number of hydrogen-bond acceptors (Lipinski definition) is 7. The van der Waals surface area contributed by atoms with Crippen molar-refractivity contribution in [2.75, 3.05) is 17.7 Å². The third kappa shape index (κ3) is 4.32. The Morgan fingerprint density at radius 3 is 2.61 bits per heavy atom. The Bertz CT molecular complexity index is 1460. The average Bonchev–Trinajstić information content (AvgIpc) is 3.39. The van der Waals surface area contributed by atoms with Crippen molar-refractivity contribution in [1.82, 2.24) is 24.9 Å². The highest BCUT2D eigenvalue weighted by Gasteiger charge is 2.39. The van der Waals surface area contributed by atoms with Crippen molar-refractivity contribution in [3.8, 4) is 11.3 Å². The maximum absolute atomic E-state index is 14.2. The average molecular weight is 495 g/mol. The highest BCUT2D eigenvalue weighted by molar-refractivity contribution is 5.94. The van der Waals surface area contributed by atoms with Crippen LogP contribution in [0.5, 0.6) is 0 Å². The number of nitrogens with zero attached hydrogens (tertiary/aromatic N) is 4. The van der Waals surface area contributed by atoms with Crippen molar-refractivity contribution in [1.29, 1.82) is 0 Å². The lowest BCUT2D eigenvalue weighted by Crippen LogP contribution is -2.28. The third-order valence-corrected chi connectivity index (χ3v) is 5.78. The number of carbonyl (C=O) groups excluding carboxylic acids is 2. The number of pyridine rings is 1. The predicted molar refractivity (Wildman–Crippen MR) is 127 cm³/mol. The summed E-state index contributed by atoms with van der Waals surface area (Å²) in [7, 11) is 1.64. The van der Waals surface area contributed by atoms with Gasteiger partial charge < -0.3 is 16.0 Å². The van der Waals surface area contributed by atoms with Gasteiger partial charge >= 0.3 is 0 Å². The van der Waals surface area contributed by atoms with E-state index in [2.05, 4.69) is 31.0 Å². The number of nitrogens with one attached hydrogen (secondary N) is 3. The molecule has 12 heteroatoms. The van der Waals surface area contributed by atoms with Gasteiger partial charge in [0.2, 0.25) is 0 Å². The first-order valence-electron chi connectivity index (χ1n) is 11.0. The van der Waals surface area contributed by atoms with Crippen LogP contribution in [0.1, 0.15) is 39.3 Å². The van der Waals surface area contributed by atoms with Gasteiger partial charge in [0.1, 0.15) is 6.17 Å². The molecule has 0 saturated heterocycles. The van der Waals surface area contributed by atoms with Gasteiger partial charge in [-0.05, 0) is 18.2 Å². The minimum atomic E-state index is -2.86. The Balaban J connectivity index is 1.54. The maximum atomic E-state index is 14.2. The number of anilines is 3. The Labute approximate surface area is 202 Å². The molecule has 0 radical (unpaired) electrons. The summed E-state index contributed by atoms with van der Waals surface area (Å²) in [5.41, 5.74) is 1.48. The fourth-order valence-corrected chi connectivity index (χ4v) is 3.83. The second kappa shape index (κ2) is 9.29. The molecule has 5 rings (SSSR count). The van der Waals surface area contributed by atoms with E-state index < -0.39 is 24.5 Å². The number of benzene rings is 1. The second-order valence-electron chi connectivity index (χ2n) is 8.19. The van der Waals surface area contributed by atoms with Gasteiger partial charge in [0.15, 0.2) is 23.4 Å². The Morgan fingerprint density at radius 1 is 1.17 bits per heavy atom. The van der Waals surface area contributed by atoms with Gasteiger partial charge in [0, 0.05) is 42.5 Å². The van der Waals surface area contributed by atoms with Gasteiger partial charge in [0.05, 0.1) is 29.2 Å². The molecule has 184 valence electrons. The number of hydrogen-bond donors (Lipinski definition) is 3. The number of carbonyl (C=O) groups is 2. The van der Waals surface area contributed by atoms with Crippen molar-refractivity contribution in [2.24, 2.45) is 0 Å². The summed E-state index contributed by atoms with van der Waals surface area (Å²) in [5, 5.41) is 12.8. The van der Waals surface area contributed by atoms with Crippen LogP contribution in [-0.4, -0.2) is 51.0 Å². The van der Waals surface area contributed by atoms with E-state index in [1.54, 1.807) is 19.2 Å². The molecule has 1 aliphatic rings. The van der Waals surface area contributed by atoms with E-state index >= 15 is 0 Å². The van der Waals surface area contributed by atoms with Crippen molar-refractivity contribution in [2.45, 2.75) is 25.1 Å². The number of aldehydes is 1. The van der Waals surface area contributed by atoms with Crippen molar-refractivity contribution in [3.05, 3.63) is 65.6 Å². The Hall–Kier alpha value is -4.48. The fourth-order valence-electron chi connectivity index (χ4n) is 3.83. The summed E-state index contributed by atoms with van der Waals surface area (Å²) in [6, 6.07) is 8.61. The first-order chi connectivity index (χ1) is 17.4. The van der Waals surface area contributed by atoms with Crippen LogP contribution in [0.4, 0.5) is 30.4 Å². The van der Waals surface area contributed by atoms with Crippen molar-refractivity contribution < 1.29 is 22.8 Å². The SMILES string of the molecule is CNc1cc(Nc2cccc(-c3ccc(C=O)cn3)c2C(F)F)nn2c(C(=O)N[C@@H]3C[C@@H]3F)cnc12. The van der Waals surface area contributed by atoms with Crippen LogP contribution in [0.25, 0.3) is 16.9 Å². The van der Waals surface area contributed by atoms with E-state index in [9.17, 15) is 22.8 Å². The van der Waals surface area contributed by atoms with Gasteiger partial charge in [-0.25, -0.2) is 22.7 Å². The van der Waals surface area contributed by atoms with E-state index in [1.807, 2.05) is 0 Å². The first-order valence-corrected chi connectivity index (χ1v) is 11.0.